The van der Waals surface area contributed by atoms with Gasteiger partial charge in [0.25, 0.3) is 0 Å². The number of rotatable bonds is 11. The van der Waals surface area contributed by atoms with Gasteiger partial charge in [-0.05, 0) is 32.6 Å². The molecule has 24 heavy (non-hydrogen) atoms. The van der Waals surface area contributed by atoms with Crippen molar-refractivity contribution >= 4 is 17.6 Å². The van der Waals surface area contributed by atoms with Crippen LogP contribution in [0.4, 0.5) is 0 Å². The van der Waals surface area contributed by atoms with Crippen molar-refractivity contribution in [3.8, 4) is 0 Å². The normalized spacial score (nSPS) is 20.4. The van der Waals surface area contributed by atoms with E-state index >= 15 is 0 Å². The Morgan fingerprint density at radius 1 is 0.958 bits per heavy atom. The monoisotopic (exact) mass is 342 g/mol. The molecule has 7 nitrogen and oxygen atoms in total. The van der Waals surface area contributed by atoms with E-state index in [4.69, 9.17) is 9.47 Å². The molecule has 1 saturated carbocycles. The minimum absolute atomic E-state index is 0.0187. The third kappa shape index (κ3) is 8.40. The Morgan fingerprint density at radius 3 is 2.25 bits per heavy atom. The van der Waals surface area contributed by atoms with Gasteiger partial charge in [-0.1, -0.05) is 6.92 Å². The van der Waals surface area contributed by atoms with E-state index in [1.807, 2.05) is 13.8 Å². The summed E-state index contributed by atoms with van der Waals surface area (Å²) >= 11 is 0. The standard InChI is InChI=1S/C17H30N2O5/c1-3-15(20)13-5-7-14(8-6-13)19-17(22)12-24-10-9-18-16(21)11-23-4-2/h13-14H,3-12H2,1-2H3,(H,18,21)(H,19,22). The molecule has 7 heteroatoms. The molecule has 0 atom stereocenters. The molecule has 0 heterocycles. The van der Waals surface area contributed by atoms with Gasteiger partial charge in [0.15, 0.2) is 0 Å². The second kappa shape index (κ2) is 12.0. The maximum Gasteiger partial charge on any atom is 0.246 e. The largest absolute Gasteiger partial charge is 0.372 e. The molecule has 2 N–H and O–H groups in total. The van der Waals surface area contributed by atoms with Gasteiger partial charge in [0, 0.05) is 31.5 Å². The fraction of sp³-hybridized carbons (Fsp3) is 0.824. The number of amides is 2. The smallest absolute Gasteiger partial charge is 0.246 e. The lowest BCUT2D eigenvalue weighted by molar-refractivity contribution is -0.127. The minimum Gasteiger partial charge on any atom is -0.372 e. The number of carbonyl (C=O) groups is 3. The third-order valence-corrected chi connectivity index (χ3v) is 4.14. The molecule has 0 unspecified atom stereocenters. The van der Waals surface area contributed by atoms with Gasteiger partial charge in [-0.3, -0.25) is 14.4 Å². The molecule has 1 aliphatic rings. The number of hydrogen-bond donors (Lipinski definition) is 2. The van der Waals surface area contributed by atoms with Gasteiger partial charge in [0.05, 0.1) is 6.61 Å². The van der Waals surface area contributed by atoms with Crippen LogP contribution in [0, 0.1) is 5.92 Å². The second-order valence-electron chi connectivity index (χ2n) is 5.98. The Kier molecular flexibility index (Phi) is 10.3. The first-order valence-corrected chi connectivity index (χ1v) is 8.81. The van der Waals surface area contributed by atoms with Crippen LogP contribution in [0.5, 0.6) is 0 Å². The van der Waals surface area contributed by atoms with Gasteiger partial charge in [-0.15, -0.1) is 0 Å². The zero-order valence-corrected chi connectivity index (χ0v) is 14.8. The Balaban J connectivity index is 2.05. The summed E-state index contributed by atoms with van der Waals surface area (Å²) in [5.74, 6) is 0.151. The highest BCUT2D eigenvalue weighted by Crippen LogP contribution is 2.25. The molecule has 0 bridgehead atoms. The molecule has 1 fully saturated rings. The molecule has 0 aromatic carbocycles. The maximum absolute atomic E-state index is 11.8. The summed E-state index contributed by atoms with van der Waals surface area (Å²) in [5.41, 5.74) is 0. The van der Waals surface area contributed by atoms with Crippen LogP contribution in [0.15, 0.2) is 0 Å². The zero-order chi connectivity index (χ0) is 17.8. The van der Waals surface area contributed by atoms with Crippen molar-refractivity contribution in [1.82, 2.24) is 10.6 Å². The summed E-state index contributed by atoms with van der Waals surface area (Å²) in [5, 5.41) is 5.58. The second-order valence-corrected chi connectivity index (χ2v) is 5.98. The summed E-state index contributed by atoms with van der Waals surface area (Å²) in [6.45, 7) is 4.87. The average molecular weight is 342 g/mol. The van der Waals surface area contributed by atoms with Crippen LogP contribution in [-0.2, 0) is 23.9 Å². The molecule has 138 valence electrons. The molecule has 0 spiro atoms. The van der Waals surface area contributed by atoms with Crippen LogP contribution in [0.25, 0.3) is 0 Å². The van der Waals surface area contributed by atoms with E-state index in [-0.39, 0.29) is 43.6 Å². The predicted molar refractivity (Wildman–Crippen MR) is 89.5 cm³/mol. The Morgan fingerprint density at radius 2 is 1.62 bits per heavy atom. The quantitative estimate of drug-likeness (QED) is 0.542. The Bertz CT molecular complexity index is 406. The Hall–Kier alpha value is -1.47. The first-order valence-electron chi connectivity index (χ1n) is 8.81. The molecular formula is C17H30N2O5. The lowest BCUT2D eigenvalue weighted by atomic mass is 9.83. The molecule has 0 saturated heterocycles. The van der Waals surface area contributed by atoms with Gasteiger partial charge in [0.2, 0.25) is 11.8 Å². The van der Waals surface area contributed by atoms with Crippen LogP contribution >= 0.6 is 0 Å². The average Bonchev–Trinajstić information content (AvgIpc) is 2.59. The van der Waals surface area contributed by atoms with E-state index in [1.165, 1.54) is 0 Å². The minimum atomic E-state index is -0.191. The molecular weight excluding hydrogens is 312 g/mol. The maximum atomic E-state index is 11.8. The highest BCUT2D eigenvalue weighted by Gasteiger charge is 2.25. The van der Waals surface area contributed by atoms with Crippen molar-refractivity contribution in [3.63, 3.8) is 0 Å². The fourth-order valence-electron chi connectivity index (χ4n) is 2.79. The Labute approximate surface area is 143 Å². The van der Waals surface area contributed by atoms with E-state index in [0.717, 1.165) is 25.7 Å². The van der Waals surface area contributed by atoms with E-state index in [0.29, 0.717) is 25.4 Å². The SMILES string of the molecule is CCOCC(=O)NCCOCC(=O)NC1CCC(C(=O)CC)CC1. The van der Waals surface area contributed by atoms with Crippen LogP contribution in [-0.4, -0.2) is 56.6 Å². The summed E-state index contributed by atoms with van der Waals surface area (Å²) in [4.78, 5) is 34.7. The number of Topliss-reactive ketones (excluding diaryl/α,β-unsaturated/α-hetero) is 1. The van der Waals surface area contributed by atoms with Gasteiger partial charge >= 0.3 is 0 Å². The van der Waals surface area contributed by atoms with Gasteiger partial charge in [0.1, 0.15) is 19.0 Å². The molecule has 2 amide bonds. The van der Waals surface area contributed by atoms with Crippen LogP contribution in [0.1, 0.15) is 46.0 Å². The van der Waals surface area contributed by atoms with E-state index in [1.54, 1.807) is 0 Å². The van der Waals surface area contributed by atoms with Crippen LogP contribution in [0.2, 0.25) is 0 Å². The first kappa shape index (κ1) is 20.6. The molecule has 0 aliphatic heterocycles. The van der Waals surface area contributed by atoms with Gasteiger partial charge < -0.3 is 20.1 Å². The summed E-state index contributed by atoms with van der Waals surface area (Å²) in [7, 11) is 0. The summed E-state index contributed by atoms with van der Waals surface area (Å²) in [6, 6.07) is 0.132. The highest BCUT2D eigenvalue weighted by atomic mass is 16.5. The zero-order valence-electron chi connectivity index (χ0n) is 14.8. The van der Waals surface area contributed by atoms with Crippen molar-refractivity contribution in [2.24, 2.45) is 5.92 Å². The van der Waals surface area contributed by atoms with E-state index < -0.39 is 0 Å². The van der Waals surface area contributed by atoms with E-state index in [2.05, 4.69) is 10.6 Å². The number of ketones is 1. The van der Waals surface area contributed by atoms with Crippen molar-refractivity contribution in [2.45, 2.75) is 52.0 Å². The highest BCUT2D eigenvalue weighted by molar-refractivity contribution is 5.81. The third-order valence-electron chi connectivity index (χ3n) is 4.14. The topological polar surface area (TPSA) is 93.7 Å². The van der Waals surface area contributed by atoms with Crippen molar-refractivity contribution in [3.05, 3.63) is 0 Å². The summed E-state index contributed by atoms with van der Waals surface area (Å²) in [6.07, 6.45) is 3.98. The van der Waals surface area contributed by atoms with Crippen LogP contribution in [0.3, 0.4) is 0 Å². The lowest BCUT2D eigenvalue weighted by Gasteiger charge is -2.28. The fourth-order valence-corrected chi connectivity index (χ4v) is 2.79. The van der Waals surface area contributed by atoms with Crippen LogP contribution < -0.4 is 10.6 Å². The number of ether oxygens (including phenoxy) is 2. The van der Waals surface area contributed by atoms with Gasteiger partial charge in [-0.25, -0.2) is 0 Å². The molecule has 1 rings (SSSR count). The summed E-state index contributed by atoms with van der Waals surface area (Å²) < 4.78 is 10.2. The number of carbonyl (C=O) groups excluding carboxylic acids is 3. The lowest BCUT2D eigenvalue weighted by Crippen LogP contribution is -2.40. The first-order chi connectivity index (χ1) is 11.6. The van der Waals surface area contributed by atoms with Gasteiger partial charge in [-0.2, -0.15) is 0 Å². The van der Waals surface area contributed by atoms with Crippen molar-refractivity contribution in [1.29, 1.82) is 0 Å². The number of hydrogen-bond acceptors (Lipinski definition) is 5. The molecule has 0 aromatic rings. The molecule has 0 aromatic heterocycles. The molecule has 0 radical (unpaired) electrons. The molecule has 1 aliphatic carbocycles. The van der Waals surface area contributed by atoms with E-state index in [9.17, 15) is 14.4 Å². The van der Waals surface area contributed by atoms with Crippen molar-refractivity contribution in [2.75, 3.05) is 33.0 Å². The number of nitrogens with one attached hydrogen (secondary N) is 2. The van der Waals surface area contributed by atoms with Crippen molar-refractivity contribution < 1.29 is 23.9 Å². The predicted octanol–water partition coefficient (Wildman–Crippen LogP) is 0.810.